The smallest absolute Gasteiger partial charge is 0.131 e. The summed E-state index contributed by atoms with van der Waals surface area (Å²) in [4.78, 5) is 0. The maximum atomic E-state index is 14.1. The largest absolute Gasteiger partial charge is 0.507 e. The Bertz CT molecular complexity index is 762. The molecule has 0 spiro atoms. The van der Waals surface area contributed by atoms with Crippen LogP contribution < -0.4 is 0 Å². The summed E-state index contributed by atoms with van der Waals surface area (Å²) in [6.07, 6.45) is 0. The van der Waals surface area contributed by atoms with Crippen LogP contribution >= 0.6 is 0 Å². The molecule has 0 unspecified atom stereocenters. The van der Waals surface area contributed by atoms with Gasteiger partial charge in [-0.15, -0.1) is 0 Å². The summed E-state index contributed by atoms with van der Waals surface area (Å²) < 4.78 is 14.1. The van der Waals surface area contributed by atoms with E-state index in [0.717, 1.165) is 11.1 Å². The van der Waals surface area contributed by atoms with Gasteiger partial charge in [-0.2, -0.15) is 0 Å². The molecule has 0 radical (unpaired) electrons. The predicted octanol–water partition coefficient (Wildman–Crippen LogP) is 4.57. The van der Waals surface area contributed by atoms with Gasteiger partial charge in [0, 0.05) is 5.56 Å². The Labute approximate surface area is 121 Å². The number of halogens is 1. The van der Waals surface area contributed by atoms with E-state index in [-0.39, 0.29) is 22.6 Å². The minimum absolute atomic E-state index is 0.104. The Morgan fingerprint density at radius 3 is 2.00 bits per heavy atom. The summed E-state index contributed by atoms with van der Waals surface area (Å²) in [5, 5.41) is 19.8. The lowest BCUT2D eigenvalue weighted by molar-refractivity contribution is 0.453. The molecule has 3 aromatic carbocycles. The lowest BCUT2D eigenvalue weighted by atomic mass is 9.97. The van der Waals surface area contributed by atoms with Crippen molar-refractivity contribution in [1.82, 2.24) is 0 Å². The van der Waals surface area contributed by atoms with Gasteiger partial charge in [0.25, 0.3) is 0 Å². The molecule has 0 amide bonds. The molecule has 3 heteroatoms. The summed E-state index contributed by atoms with van der Waals surface area (Å²) >= 11 is 0. The second-order valence-electron chi connectivity index (χ2n) is 4.73. The average molecular weight is 280 g/mol. The molecule has 0 fully saturated rings. The van der Waals surface area contributed by atoms with E-state index in [9.17, 15) is 14.6 Å². The molecule has 3 rings (SSSR count). The molecule has 0 atom stereocenters. The molecule has 104 valence electrons. The summed E-state index contributed by atoms with van der Waals surface area (Å²) in [5.41, 5.74) is 2.03. The first-order chi connectivity index (χ1) is 10.2. The van der Waals surface area contributed by atoms with E-state index >= 15 is 0 Å². The third kappa shape index (κ3) is 2.46. The first kappa shape index (κ1) is 13.2. The maximum absolute atomic E-state index is 14.1. The average Bonchev–Trinajstić information content (AvgIpc) is 2.50. The second kappa shape index (κ2) is 5.29. The SMILES string of the molecule is Oc1cccc(O)c1-c1cc(-c2ccccc2)ccc1F. The van der Waals surface area contributed by atoms with Crippen molar-refractivity contribution in [1.29, 1.82) is 0 Å². The van der Waals surface area contributed by atoms with Crippen molar-refractivity contribution >= 4 is 0 Å². The van der Waals surface area contributed by atoms with E-state index in [0.29, 0.717) is 0 Å². The quantitative estimate of drug-likeness (QED) is 0.721. The number of rotatable bonds is 2. The van der Waals surface area contributed by atoms with Gasteiger partial charge < -0.3 is 10.2 Å². The van der Waals surface area contributed by atoms with Crippen molar-refractivity contribution in [3.8, 4) is 33.8 Å². The molecule has 0 heterocycles. The normalized spacial score (nSPS) is 10.5. The highest BCUT2D eigenvalue weighted by Gasteiger charge is 2.15. The highest BCUT2D eigenvalue weighted by atomic mass is 19.1. The minimum atomic E-state index is -0.494. The van der Waals surface area contributed by atoms with Crippen molar-refractivity contribution in [2.75, 3.05) is 0 Å². The van der Waals surface area contributed by atoms with Crippen LogP contribution in [0.15, 0.2) is 66.7 Å². The highest BCUT2D eigenvalue weighted by molar-refractivity contribution is 5.80. The lowest BCUT2D eigenvalue weighted by Crippen LogP contribution is -1.88. The number of aromatic hydroxyl groups is 2. The number of benzene rings is 3. The monoisotopic (exact) mass is 280 g/mol. The first-order valence-electron chi connectivity index (χ1n) is 6.53. The summed E-state index contributed by atoms with van der Waals surface area (Å²) in [5.74, 6) is -0.801. The van der Waals surface area contributed by atoms with Gasteiger partial charge >= 0.3 is 0 Å². The zero-order chi connectivity index (χ0) is 14.8. The predicted molar refractivity (Wildman–Crippen MR) is 80.6 cm³/mol. The fourth-order valence-corrected chi connectivity index (χ4v) is 2.33. The van der Waals surface area contributed by atoms with Crippen molar-refractivity contribution in [2.45, 2.75) is 0 Å². The summed E-state index contributed by atoms with van der Waals surface area (Å²) in [6.45, 7) is 0. The Kier molecular flexibility index (Phi) is 3.32. The minimum Gasteiger partial charge on any atom is -0.507 e. The molecule has 2 N–H and O–H groups in total. The number of hydrogen-bond donors (Lipinski definition) is 2. The van der Waals surface area contributed by atoms with Crippen LogP contribution in [-0.2, 0) is 0 Å². The van der Waals surface area contributed by atoms with E-state index < -0.39 is 5.82 Å². The van der Waals surface area contributed by atoms with E-state index in [4.69, 9.17) is 0 Å². The van der Waals surface area contributed by atoms with Crippen LogP contribution in [0.4, 0.5) is 4.39 Å². The van der Waals surface area contributed by atoms with Crippen molar-refractivity contribution in [3.05, 3.63) is 72.5 Å². The van der Waals surface area contributed by atoms with Crippen LogP contribution in [0.5, 0.6) is 11.5 Å². The van der Waals surface area contributed by atoms with Crippen molar-refractivity contribution in [2.24, 2.45) is 0 Å². The molecule has 0 aliphatic rings. The van der Waals surface area contributed by atoms with E-state index in [2.05, 4.69) is 0 Å². The Morgan fingerprint density at radius 2 is 1.33 bits per heavy atom. The van der Waals surface area contributed by atoms with Gasteiger partial charge in [-0.1, -0.05) is 42.5 Å². The summed E-state index contributed by atoms with van der Waals surface area (Å²) in [6, 6.07) is 18.5. The van der Waals surface area contributed by atoms with Crippen molar-refractivity contribution in [3.63, 3.8) is 0 Å². The third-order valence-electron chi connectivity index (χ3n) is 3.36. The van der Waals surface area contributed by atoms with Crippen LogP contribution in [0, 0.1) is 5.82 Å². The van der Waals surface area contributed by atoms with Crippen molar-refractivity contribution < 1.29 is 14.6 Å². The van der Waals surface area contributed by atoms with Crippen LogP contribution in [-0.4, -0.2) is 10.2 Å². The zero-order valence-electron chi connectivity index (χ0n) is 11.1. The van der Waals surface area contributed by atoms with Gasteiger partial charge in [0.1, 0.15) is 17.3 Å². The molecule has 0 bridgehead atoms. The van der Waals surface area contributed by atoms with Gasteiger partial charge in [-0.25, -0.2) is 4.39 Å². The highest BCUT2D eigenvalue weighted by Crippen LogP contribution is 2.39. The van der Waals surface area contributed by atoms with Crippen LogP contribution in [0.1, 0.15) is 0 Å². The van der Waals surface area contributed by atoms with Gasteiger partial charge in [-0.3, -0.25) is 0 Å². The lowest BCUT2D eigenvalue weighted by Gasteiger charge is -2.10. The van der Waals surface area contributed by atoms with Crippen LogP contribution in [0.2, 0.25) is 0 Å². The summed E-state index contributed by atoms with van der Waals surface area (Å²) in [7, 11) is 0. The topological polar surface area (TPSA) is 40.5 Å². The molecular weight excluding hydrogens is 267 g/mol. The van der Waals surface area contributed by atoms with Crippen LogP contribution in [0.3, 0.4) is 0 Å². The van der Waals surface area contributed by atoms with E-state index in [1.807, 2.05) is 30.3 Å². The fourth-order valence-electron chi connectivity index (χ4n) is 2.33. The van der Waals surface area contributed by atoms with E-state index in [1.54, 1.807) is 12.1 Å². The molecule has 3 aromatic rings. The van der Waals surface area contributed by atoms with Gasteiger partial charge in [0.15, 0.2) is 0 Å². The van der Waals surface area contributed by atoms with Gasteiger partial charge in [-0.05, 0) is 35.4 Å². The molecule has 21 heavy (non-hydrogen) atoms. The standard InChI is InChI=1S/C18H13FO2/c19-15-10-9-13(12-5-2-1-3-6-12)11-14(15)18-16(20)7-4-8-17(18)21/h1-11,20-21H. The Hall–Kier alpha value is -2.81. The van der Waals surface area contributed by atoms with Crippen LogP contribution in [0.25, 0.3) is 22.3 Å². The number of hydrogen-bond acceptors (Lipinski definition) is 2. The number of phenolic OH excluding ortho intramolecular Hbond substituents is 2. The zero-order valence-corrected chi connectivity index (χ0v) is 11.1. The molecule has 0 saturated heterocycles. The maximum Gasteiger partial charge on any atom is 0.131 e. The molecule has 0 aromatic heterocycles. The Balaban J connectivity index is 2.20. The number of phenols is 2. The van der Waals surface area contributed by atoms with Gasteiger partial charge in [0.05, 0.1) is 5.56 Å². The third-order valence-corrected chi connectivity index (χ3v) is 3.36. The first-order valence-corrected chi connectivity index (χ1v) is 6.53. The van der Waals surface area contributed by atoms with Gasteiger partial charge in [0.2, 0.25) is 0 Å². The molecule has 0 aliphatic carbocycles. The molecule has 0 saturated carbocycles. The fraction of sp³-hybridized carbons (Fsp3) is 0. The molecule has 2 nitrogen and oxygen atoms in total. The Morgan fingerprint density at radius 1 is 0.667 bits per heavy atom. The van der Waals surface area contributed by atoms with E-state index in [1.165, 1.54) is 24.3 Å². The molecular formula is C18H13FO2. The molecule has 0 aliphatic heterocycles. The second-order valence-corrected chi connectivity index (χ2v) is 4.73.